The van der Waals surface area contributed by atoms with Gasteiger partial charge in [0, 0.05) is 22.7 Å². The van der Waals surface area contributed by atoms with E-state index < -0.39 is 4.92 Å². The lowest BCUT2D eigenvalue weighted by molar-refractivity contribution is -0.384. The van der Waals surface area contributed by atoms with E-state index in [0.29, 0.717) is 0 Å². The summed E-state index contributed by atoms with van der Waals surface area (Å²) in [5.41, 5.74) is 4.13. The van der Waals surface area contributed by atoms with E-state index in [-0.39, 0.29) is 16.8 Å². The van der Waals surface area contributed by atoms with Gasteiger partial charge in [0.2, 0.25) is 5.91 Å². The second-order valence-corrected chi connectivity index (χ2v) is 7.19. The van der Waals surface area contributed by atoms with Crippen LogP contribution in [0.2, 0.25) is 0 Å². The van der Waals surface area contributed by atoms with E-state index in [9.17, 15) is 14.9 Å². The molecule has 2 rings (SSSR count). The molecule has 0 bridgehead atoms. The van der Waals surface area contributed by atoms with Gasteiger partial charge in [0.15, 0.2) is 0 Å². The van der Waals surface area contributed by atoms with Crippen molar-refractivity contribution in [1.82, 2.24) is 0 Å². The highest BCUT2D eigenvalue weighted by atomic mass is 32.2. The Kier molecular flexibility index (Phi) is 5.62. The number of nitrogens with one attached hydrogen (secondary N) is 1. The fraction of sp³-hybridized carbons (Fsp3) is 0.278. The van der Waals surface area contributed by atoms with Gasteiger partial charge < -0.3 is 5.32 Å². The van der Waals surface area contributed by atoms with E-state index in [4.69, 9.17) is 0 Å². The Morgan fingerprint density at radius 3 is 2.17 bits per heavy atom. The topological polar surface area (TPSA) is 72.2 Å². The van der Waals surface area contributed by atoms with Crippen molar-refractivity contribution in [3.8, 4) is 0 Å². The number of thioether (sulfide) groups is 1. The summed E-state index contributed by atoms with van der Waals surface area (Å²) < 4.78 is 0. The molecule has 0 radical (unpaired) electrons. The van der Waals surface area contributed by atoms with Crippen LogP contribution in [-0.2, 0) is 4.79 Å². The van der Waals surface area contributed by atoms with Crippen LogP contribution in [0.25, 0.3) is 0 Å². The Morgan fingerprint density at radius 1 is 1.12 bits per heavy atom. The zero-order valence-electron chi connectivity index (χ0n) is 14.1. The minimum absolute atomic E-state index is 0.0439. The number of aryl methyl sites for hydroxylation is 3. The molecule has 6 heteroatoms. The number of nitro groups is 1. The van der Waals surface area contributed by atoms with E-state index in [1.807, 2.05) is 39.8 Å². The molecule has 1 amide bonds. The van der Waals surface area contributed by atoms with Gasteiger partial charge in [0.05, 0.1) is 10.2 Å². The first-order valence-electron chi connectivity index (χ1n) is 7.57. The third-order valence-electron chi connectivity index (χ3n) is 3.65. The zero-order valence-corrected chi connectivity index (χ0v) is 14.9. The van der Waals surface area contributed by atoms with Crippen molar-refractivity contribution in [1.29, 1.82) is 0 Å². The minimum atomic E-state index is -0.437. The number of nitro benzene ring substituents is 1. The Bertz CT molecular complexity index is 749. The van der Waals surface area contributed by atoms with Gasteiger partial charge in [-0.2, -0.15) is 0 Å². The van der Waals surface area contributed by atoms with E-state index in [1.54, 1.807) is 12.1 Å². The Labute approximate surface area is 145 Å². The van der Waals surface area contributed by atoms with Crippen LogP contribution in [0.4, 0.5) is 11.4 Å². The molecule has 1 unspecified atom stereocenters. The maximum atomic E-state index is 12.4. The van der Waals surface area contributed by atoms with Crippen molar-refractivity contribution in [2.75, 3.05) is 5.32 Å². The minimum Gasteiger partial charge on any atom is -0.325 e. The molecule has 0 fully saturated rings. The highest BCUT2D eigenvalue weighted by molar-refractivity contribution is 8.00. The number of carbonyl (C=O) groups excluding carboxylic acids is 1. The van der Waals surface area contributed by atoms with Gasteiger partial charge in [0.1, 0.15) is 0 Å². The zero-order chi connectivity index (χ0) is 17.9. The summed E-state index contributed by atoms with van der Waals surface area (Å²) >= 11 is 1.37. The van der Waals surface area contributed by atoms with Crippen molar-refractivity contribution < 1.29 is 9.72 Å². The number of hydrogen-bond donors (Lipinski definition) is 1. The van der Waals surface area contributed by atoms with Gasteiger partial charge in [-0.1, -0.05) is 17.7 Å². The van der Waals surface area contributed by atoms with Gasteiger partial charge in [-0.3, -0.25) is 14.9 Å². The molecule has 0 spiro atoms. The van der Waals surface area contributed by atoms with Crippen LogP contribution in [0, 0.1) is 30.9 Å². The number of anilines is 1. The third-order valence-corrected chi connectivity index (χ3v) is 4.77. The summed E-state index contributed by atoms with van der Waals surface area (Å²) in [6.07, 6.45) is 0. The monoisotopic (exact) mass is 344 g/mol. The molecule has 0 heterocycles. The average Bonchev–Trinajstić information content (AvgIpc) is 2.51. The van der Waals surface area contributed by atoms with Crippen molar-refractivity contribution >= 4 is 29.0 Å². The lowest BCUT2D eigenvalue weighted by Crippen LogP contribution is -2.23. The van der Waals surface area contributed by atoms with E-state index >= 15 is 0 Å². The molecule has 1 atom stereocenters. The lowest BCUT2D eigenvalue weighted by Gasteiger charge is -2.16. The maximum absolute atomic E-state index is 12.4. The molecule has 0 aromatic heterocycles. The highest BCUT2D eigenvalue weighted by Crippen LogP contribution is 2.27. The fourth-order valence-electron chi connectivity index (χ4n) is 2.51. The van der Waals surface area contributed by atoms with Crippen LogP contribution < -0.4 is 5.32 Å². The Morgan fingerprint density at radius 2 is 1.67 bits per heavy atom. The largest absolute Gasteiger partial charge is 0.325 e. The summed E-state index contributed by atoms with van der Waals surface area (Å²) in [5.74, 6) is -0.0894. The standard InChI is InChI=1S/C18H20N2O3S/c1-11-9-12(2)17(13(3)10-11)19-18(21)14(4)24-16-7-5-15(6-8-16)20(22)23/h5-10,14H,1-4H3,(H,19,21). The van der Waals surface area contributed by atoms with Gasteiger partial charge >= 0.3 is 0 Å². The summed E-state index contributed by atoms with van der Waals surface area (Å²) in [4.78, 5) is 23.5. The van der Waals surface area contributed by atoms with Crippen molar-refractivity contribution in [3.63, 3.8) is 0 Å². The fourth-order valence-corrected chi connectivity index (χ4v) is 3.37. The predicted octanol–water partition coefficient (Wildman–Crippen LogP) is 4.64. The Balaban J connectivity index is 2.06. The smallest absolute Gasteiger partial charge is 0.269 e. The maximum Gasteiger partial charge on any atom is 0.269 e. The van der Waals surface area contributed by atoms with Gasteiger partial charge in [-0.25, -0.2) is 0 Å². The normalized spacial score (nSPS) is 11.8. The average molecular weight is 344 g/mol. The van der Waals surface area contributed by atoms with Crippen LogP contribution in [0.15, 0.2) is 41.3 Å². The molecule has 1 N–H and O–H groups in total. The molecule has 0 aliphatic carbocycles. The number of carbonyl (C=O) groups is 1. The van der Waals surface area contributed by atoms with Crippen molar-refractivity contribution in [2.24, 2.45) is 0 Å². The first kappa shape index (κ1) is 18.0. The molecular weight excluding hydrogens is 324 g/mol. The van der Waals surface area contributed by atoms with E-state index in [1.165, 1.54) is 23.9 Å². The quantitative estimate of drug-likeness (QED) is 0.487. The number of benzene rings is 2. The number of non-ortho nitro benzene ring substituents is 1. The summed E-state index contributed by atoms with van der Waals surface area (Å²) in [7, 11) is 0. The molecule has 0 saturated heterocycles. The van der Waals surface area contributed by atoms with Gasteiger partial charge in [0.25, 0.3) is 5.69 Å². The van der Waals surface area contributed by atoms with Crippen molar-refractivity contribution in [3.05, 3.63) is 63.2 Å². The van der Waals surface area contributed by atoms with Crippen LogP contribution in [-0.4, -0.2) is 16.1 Å². The molecule has 2 aromatic rings. The SMILES string of the molecule is Cc1cc(C)c(NC(=O)C(C)Sc2ccc([N+](=O)[O-])cc2)c(C)c1. The summed E-state index contributed by atoms with van der Waals surface area (Å²) in [6, 6.07) is 10.3. The Hall–Kier alpha value is -2.34. The number of hydrogen-bond acceptors (Lipinski definition) is 4. The summed E-state index contributed by atoms with van der Waals surface area (Å²) in [5, 5.41) is 13.3. The molecular formula is C18H20N2O3S. The summed E-state index contributed by atoms with van der Waals surface area (Å²) in [6.45, 7) is 7.80. The lowest BCUT2D eigenvalue weighted by atomic mass is 10.1. The van der Waals surface area contributed by atoms with E-state index in [2.05, 4.69) is 5.32 Å². The van der Waals surface area contributed by atoms with Crippen LogP contribution >= 0.6 is 11.8 Å². The second kappa shape index (κ2) is 7.49. The number of amides is 1. The molecule has 126 valence electrons. The van der Waals surface area contributed by atoms with Crippen LogP contribution in [0.5, 0.6) is 0 Å². The molecule has 24 heavy (non-hydrogen) atoms. The van der Waals surface area contributed by atoms with E-state index in [0.717, 1.165) is 27.3 Å². The third kappa shape index (κ3) is 4.35. The highest BCUT2D eigenvalue weighted by Gasteiger charge is 2.17. The molecule has 2 aromatic carbocycles. The van der Waals surface area contributed by atoms with Gasteiger partial charge in [-0.05, 0) is 51.0 Å². The molecule has 0 aliphatic rings. The number of nitrogens with zero attached hydrogens (tertiary/aromatic N) is 1. The second-order valence-electron chi connectivity index (χ2n) is 5.77. The number of rotatable bonds is 5. The van der Waals surface area contributed by atoms with Crippen LogP contribution in [0.1, 0.15) is 23.6 Å². The van der Waals surface area contributed by atoms with Crippen molar-refractivity contribution in [2.45, 2.75) is 37.8 Å². The molecule has 0 saturated carbocycles. The first-order valence-corrected chi connectivity index (χ1v) is 8.45. The first-order chi connectivity index (χ1) is 11.3. The molecule has 0 aliphatic heterocycles. The van der Waals surface area contributed by atoms with Gasteiger partial charge in [-0.15, -0.1) is 11.8 Å². The predicted molar refractivity (Wildman–Crippen MR) is 97.7 cm³/mol. The van der Waals surface area contributed by atoms with Crippen LogP contribution in [0.3, 0.4) is 0 Å². The molecule has 5 nitrogen and oxygen atoms in total.